The first-order valence-electron chi connectivity index (χ1n) is 7.65. The fourth-order valence-electron chi connectivity index (χ4n) is 2.82. The van der Waals surface area contributed by atoms with E-state index < -0.39 is 0 Å². The number of benzene rings is 1. The van der Waals surface area contributed by atoms with Gasteiger partial charge in [0.2, 0.25) is 0 Å². The van der Waals surface area contributed by atoms with E-state index in [2.05, 4.69) is 20.9 Å². The summed E-state index contributed by atoms with van der Waals surface area (Å²) in [6.45, 7) is 5.92. The van der Waals surface area contributed by atoms with Gasteiger partial charge in [0.25, 0.3) is 5.91 Å². The Bertz CT molecular complexity index is 659. The number of amides is 1. The third-order valence-corrected chi connectivity index (χ3v) is 4.15. The molecule has 1 fully saturated rings. The zero-order chi connectivity index (χ0) is 15.5. The minimum absolute atomic E-state index is 0. The highest BCUT2D eigenvalue weighted by Gasteiger charge is 2.19. The van der Waals surface area contributed by atoms with Gasteiger partial charge < -0.3 is 10.6 Å². The van der Waals surface area contributed by atoms with Crippen LogP contribution in [-0.2, 0) is 0 Å². The Balaban J connectivity index is 0.00000192. The second-order valence-electron chi connectivity index (χ2n) is 5.79. The van der Waals surface area contributed by atoms with Gasteiger partial charge in [-0.1, -0.05) is 23.4 Å². The highest BCUT2D eigenvalue weighted by atomic mass is 35.5. The molecule has 0 spiro atoms. The van der Waals surface area contributed by atoms with Gasteiger partial charge in [0.1, 0.15) is 0 Å². The predicted molar refractivity (Wildman–Crippen MR) is 92.3 cm³/mol. The highest BCUT2D eigenvalue weighted by molar-refractivity contribution is 6.03. The summed E-state index contributed by atoms with van der Waals surface area (Å²) in [5, 5.41) is 14.4. The molecule has 0 aliphatic carbocycles. The maximum Gasteiger partial charge on any atom is 0.277 e. The number of carbonyl (C=O) groups excluding carboxylic acids is 1. The van der Waals surface area contributed by atoms with Crippen molar-refractivity contribution in [1.29, 1.82) is 0 Å². The van der Waals surface area contributed by atoms with Crippen LogP contribution in [0.2, 0.25) is 0 Å². The number of anilines is 1. The van der Waals surface area contributed by atoms with Crippen LogP contribution in [0, 0.1) is 13.8 Å². The van der Waals surface area contributed by atoms with E-state index in [1.807, 2.05) is 36.7 Å². The molecule has 0 radical (unpaired) electrons. The zero-order valence-electron chi connectivity index (χ0n) is 13.4. The van der Waals surface area contributed by atoms with Gasteiger partial charge >= 0.3 is 0 Å². The number of hydrogen-bond donors (Lipinski definition) is 2. The number of aryl methyl sites for hydroxylation is 2. The van der Waals surface area contributed by atoms with Gasteiger partial charge in [-0.3, -0.25) is 4.79 Å². The van der Waals surface area contributed by atoms with E-state index in [-0.39, 0.29) is 18.3 Å². The lowest BCUT2D eigenvalue weighted by atomic mass is 10.1. The third kappa shape index (κ3) is 3.89. The Hall–Kier alpha value is -1.92. The molecule has 6 nitrogen and oxygen atoms in total. The van der Waals surface area contributed by atoms with Crippen molar-refractivity contribution in [2.75, 3.05) is 18.4 Å². The number of rotatable bonds is 3. The van der Waals surface area contributed by atoms with Gasteiger partial charge in [-0.25, -0.2) is 4.68 Å². The molecule has 23 heavy (non-hydrogen) atoms. The summed E-state index contributed by atoms with van der Waals surface area (Å²) in [5.41, 5.74) is 3.29. The van der Waals surface area contributed by atoms with Crippen molar-refractivity contribution in [3.8, 4) is 0 Å². The minimum Gasteiger partial charge on any atom is -0.320 e. The van der Waals surface area contributed by atoms with Crippen LogP contribution in [-0.4, -0.2) is 34.0 Å². The molecule has 1 aromatic heterocycles. The summed E-state index contributed by atoms with van der Waals surface area (Å²) in [5.74, 6) is -0.211. The molecule has 1 aliphatic rings. The molecule has 2 N–H and O–H groups in total. The summed E-state index contributed by atoms with van der Waals surface area (Å²) < 4.78 is 1.82. The third-order valence-electron chi connectivity index (χ3n) is 4.15. The van der Waals surface area contributed by atoms with E-state index in [9.17, 15) is 4.79 Å². The first kappa shape index (κ1) is 17.4. The van der Waals surface area contributed by atoms with Gasteiger partial charge in [-0.05, 0) is 50.9 Å². The molecular formula is C16H22ClN5O. The smallest absolute Gasteiger partial charge is 0.277 e. The largest absolute Gasteiger partial charge is 0.320 e. The maximum absolute atomic E-state index is 12.4. The van der Waals surface area contributed by atoms with Crippen LogP contribution in [0.3, 0.4) is 0 Å². The van der Waals surface area contributed by atoms with Crippen LogP contribution < -0.4 is 10.6 Å². The summed E-state index contributed by atoms with van der Waals surface area (Å²) in [4.78, 5) is 12.4. The van der Waals surface area contributed by atoms with Crippen molar-refractivity contribution in [2.45, 2.75) is 32.7 Å². The minimum atomic E-state index is -0.211. The Morgan fingerprint density at radius 1 is 1.26 bits per heavy atom. The maximum atomic E-state index is 12.4. The first-order valence-corrected chi connectivity index (χ1v) is 7.65. The van der Waals surface area contributed by atoms with Crippen molar-refractivity contribution in [2.24, 2.45) is 0 Å². The Morgan fingerprint density at radius 2 is 1.91 bits per heavy atom. The van der Waals surface area contributed by atoms with Crippen molar-refractivity contribution in [3.05, 3.63) is 41.2 Å². The Kier molecular flexibility index (Phi) is 5.74. The molecule has 1 aliphatic heterocycles. The molecule has 1 aromatic carbocycles. The molecule has 3 rings (SSSR count). The molecule has 2 aromatic rings. The summed E-state index contributed by atoms with van der Waals surface area (Å²) in [7, 11) is 0. The molecule has 1 saturated heterocycles. The lowest BCUT2D eigenvalue weighted by Gasteiger charge is -2.22. The molecular weight excluding hydrogens is 314 g/mol. The molecule has 2 heterocycles. The van der Waals surface area contributed by atoms with E-state index in [0.717, 1.165) is 42.7 Å². The second kappa shape index (κ2) is 7.57. The zero-order valence-corrected chi connectivity index (χ0v) is 14.2. The number of carbonyl (C=O) groups is 1. The topological polar surface area (TPSA) is 71.8 Å². The second-order valence-corrected chi connectivity index (χ2v) is 5.79. The van der Waals surface area contributed by atoms with E-state index in [0.29, 0.717) is 11.7 Å². The first-order chi connectivity index (χ1) is 10.6. The van der Waals surface area contributed by atoms with Crippen molar-refractivity contribution >= 4 is 24.0 Å². The average molecular weight is 336 g/mol. The number of halogens is 1. The van der Waals surface area contributed by atoms with Crippen LogP contribution in [0.5, 0.6) is 0 Å². The van der Waals surface area contributed by atoms with Crippen LogP contribution in [0.15, 0.2) is 24.4 Å². The number of nitrogens with one attached hydrogen (secondary N) is 2. The van der Waals surface area contributed by atoms with Crippen LogP contribution >= 0.6 is 12.4 Å². The average Bonchev–Trinajstić information content (AvgIpc) is 3.02. The van der Waals surface area contributed by atoms with Crippen LogP contribution in [0.1, 0.15) is 40.5 Å². The van der Waals surface area contributed by atoms with Crippen LogP contribution in [0.4, 0.5) is 5.69 Å². The predicted octanol–water partition coefficient (Wildman–Crippen LogP) is 2.49. The summed E-state index contributed by atoms with van der Waals surface area (Å²) in [6, 6.07) is 6.27. The lowest BCUT2D eigenvalue weighted by Crippen LogP contribution is -2.29. The molecule has 0 atom stereocenters. The molecule has 124 valence electrons. The van der Waals surface area contributed by atoms with Gasteiger partial charge in [0, 0.05) is 5.69 Å². The van der Waals surface area contributed by atoms with Gasteiger partial charge in [-0.15, -0.1) is 17.5 Å². The number of piperidine rings is 1. The Labute approximate surface area is 142 Å². The van der Waals surface area contributed by atoms with E-state index in [1.165, 1.54) is 0 Å². The number of para-hydroxylation sites is 1. The standard InChI is InChI=1S/C16H21N5O.ClH/c1-11-4-3-5-12(2)15(11)18-16(22)14-10-21(20-19-14)13-6-8-17-9-7-13;/h3-5,10,13,17H,6-9H2,1-2H3,(H,18,22);1H. The molecule has 0 saturated carbocycles. The lowest BCUT2D eigenvalue weighted by molar-refractivity contribution is 0.102. The number of nitrogens with zero attached hydrogens (tertiary/aromatic N) is 3. The van der Waals surface area contributed by atoms with Crippen molar-refractivity contribution in [3.63, 3.8) is 0 Å². The summed E-state index contributed by atoms with van der Waals surface area (Å²) >= 11 is 0. The van der Waals surface area contributed by atoms with Gasteiger partial charge in [0.05, 0.1) is 12.2 Å². The SMILES string of the molecule is Cc1cccc(C)c1NC(=O)c1cn(C2CCNCC2)nn1.Cl. The van der Waals surface area contributed by atoms with Crippen molar-refractivity contribution < 1.29 is 4.79 Å². The fraction of sp³-hybridized carbons (Fsp3) is 0.438. The monoisotopic (exact) mass is 335 g/mol. The van der Waals surface area contributed by atoms with Gasteiger partial charge in [-0.2, -0.15) is 0 Å². The highest BCUT2D eigenvalue weighted by Crippen LogP contribution is 2.21. The molecule has 1 amide bonds. The fourth-order valence-corrected chi connectivity index (χ4v) is 2.82. The molecule has 0 unspecified atom stereocenters. The van der Waals surface area contributed by atoms with Crippen molar-refractivity contribution in [1.82, 2.24) is 20.3 Å². The molecule has 0 bridgehead atoms. The van der Waals surface area contributed by atoms with Crippen LogP contribution in [0.25, 0.3) is 0 Å². The van der Waals surface area contributed by atoms with E-state index in [4.69, 9.17) is 0 Å². The van der Waals surface area contributed by atoms with E-state index in [1.54, 1.807) is 6.20 Å². The Morgan fingerprint density at radius 3 is 2.57 bits per heavy atom. The normalized spacial score (nSPS) is 15.0. The van der Waals surface area contributed by atoms with E-state index >= 15 is 0 Å². The number of aromatic nitrogens is 3. The number of hydrogen-bond acceptors (Lipinski definition) is 4. The van der Waals surface area contributed by atoms with Gasteiger partial charge in [0.15, 0.2) is 5.69 Å². The summed E-state index contributed by atoms with van der Waals surface area (Å²) in [6.07, 6.45) is 3.78. The quantitative estimate of drug-likeness (QED) is 0.904. The molecule has 7 heteroatoms.